The monoisotopic (exact) mass is 266 g/mol. The first-order valence-corrected chi connectivity index (χ1v) is 7.62. The minimum absolute atomic E-state index is 0.263. The SMILES string of the molecule is CCNC(=NCCC(=O)N1CCCC1)N1CCCC1. The van der Waals surface area contributed by atoms with Gasteiger partial charge in [-0.2, -0.15) is 0 Å². The molecule has 0 bridgehead atoms. The molecule has 0 aromatic heterocycles. The summed E-state index contributed by atoms with van der Waals surface area (Å²) in [7, 11) is 0. The number of nitrogens with one attached hydrogen (secondary N) is 1. The van der Waals surface area contributed by atoms with E-state index in [0.717, 1.165) is 51.5 Å². The lowest BCUT2D eigenvalue weighted by Gasteiger charge is -2.21. The van der Waals surface area contributed by atoms with Gasteiger partial charge in [0.1, 0.15) is 0 Å². The van der Waals surface area contributed by atoms with Crippen LogP contribution < -0.4 is 5.32 Å². The van der Waals surface area contributed by atoms with E-state index in [9.17, 15) is 4.79 Å². The van der Waals surface area contributed by atoms with E-state index in [1.807, 2.05) is 4.90 Å². The molecule has 2 rings (SSSR count). The highest BCUT2D eigenvalue weighted by atomic mass is 16.2. The Hall–Kier alpha value is -1.26. The van der Waals surface area contributed by atoms with Crippen LogP contribution in [0.3, 0.4) is 0 Å². The van der Waals surface area contributed by atoms with Crippen molar-refractivity contribution in [3.63, 3.8) is 0 Å². The second kappa shape index (κ2) is 7.36. The van der Waals surface area contributed by atoms with Crippen LogP contribution >= 0.6 is 0 Å². The number of guanidine groups is 1. The van der Waals surface area contributed by atoms with Crippen LogP contribution in [0.5, 0.6) is 0 Å². The van der Waals surface area contributed by atoms with Crippen molar-refractivity contribution in [2.75, 3.05) is 39.3 Å². The Kier molecular flexibility index (Phi) is 5.48. The summed E-state index contributed by atoms with van der Waals surface area (Å²) >= 11 is 0. The number of amides is 1. The normalized spacial score (nSPS) is 20.2. The fraction of sp³-hybridized carbons (Fsp3) is 0.857. The first-order valence-electron chi connectivity index (χ1n) is 7.62. The van der Waals surface area contributed by atoms with Crippen LogP contribution in [0.4, 0.5) is 0 Å². The molecule has 5 heteroatoms. The first kappa shape index (κ1) is 14.2. The summed E-state index contributed by atoms with van der Waals surface area (Å²) < 4.78 is 0. The van der Waals surface area contributed by atoms with Gasteiger partial charge < -0.3 is 15.1 Å². The molecule has 0 aromatic carbocycles. The summed E-state index contributed by atoms with van der Waals surface area (Å²) in [6.07, 6.45) is 5.35. The molecule has 0 aliphatic carbocycles. The lowest BCUT2D eigenvalue weighted by Crippen LogP contribution is -2.39. The third-order valence-corrected chi connectivity index (χ3v) is 3.79. The van der Waals surface area contributed by atoms with Gasteiger partial charge in [0.05, 0.1) is 6.54 Å². The Morgan fingerprint density at radius 1 is 1.05 bits per heavy atom. The predicted molar refractivity (Wildman–Crippen MR) is 77.2 cm³/mol. The van der Waals surface area contributed by atoms with Gasteiger partial charge in [-0.25, -0.2) is 0 Å². The molecule has 19 heavy (non-hydrogen) atoms. The number of rotatable bonds is 4. The number of carbonyl (C=O) groups excluding carboxylic acids is 1. The average Bonchev–Trinajstić information content (AvgIpc) is 3.10. The Balaban J connectivity index is 1.78. The minimum atomic E-state index is 0.263. The van der Waals surface area contributed by atoms with Gasteiger partial charge in [-0.15, -0.1) is 0 Å². The summed E-state index contributed by atoms with van der Waals surface area (Å²) in [6.45, 7) is 7.63. The Bertz CT molecular complexity index is 317. The second-order valence-corrected chi connectivity index (χ2v) is 5.27. The van der Waals surface area contributed by atoms with Crippen LogP contribution in [0.25, 0.3) is 0 Å². The summed E-state index contributed by atoms with van der Waals surface area (Å²) in [4.78, 5) is 20.8. The van der Waals surface area contributed by atoms with Gasteiger partial charge in [0, 0.05) is 39.1 Å². The van der Waals surface area contributed by atoms with E-state index in [2.05, 4.69) is 22.1 Å². The standard InChI is InChI=1S/C14H26N4O/c1-2-15-14(18-11-5-6-12-18)16-8-7-13(19)17-9-3-4-10-17/h2-12H2,1H3,(H,15,16). The van der Waals surface area contributed by atoms with Gasteiger partial charge in [-0.3, -0.25) is 9.79 Å². The van der Waals surface area contributed by atoms with Gasteiger partial charge in [0.25, 0.3) is 0 Å². The lowest BCUT2D eigenvalue weighted by atomic mass is 10.4. The Morgan fingerprint density at radius 2 is 1.63 bits per heavy atom. The van der Waals surface area contributed by atoms with Crippen LogP contribution in [-0.4, -0.2) is 60.9 Å². The van der Waals surface area contributed by atoms with Gasteiger partial charge >= 0.3 is 0 Å². The van der Waals surface area contributed by atoms with E-state index in [0.29, 0.717) is 13.0 Å². The average molecular weight is 266 g/mol. The first-order chi connectivity index (χ1) is 9.31. The van der Waals surface area contributed by atoms with E-state index in [-0.39, 0.29) is 5.91 Å². The number of nitrogens with zero attached hydrogens (tertiary/aromatic N) is 3. The number of carbonyl (C=O) groups is 1. The highest BCUT2D eigenvalue weighted by Crippen LogP contribution is 2.10. The van der Waals surface area contributed by atoms with E-state index >= 15 is 0 Å². The van der Waals surface area contributed by atoms with Crippen LogP contribution in [0.15, 0.2) is 4.99 Å². The lowest BCUT2D eigenvalue weighted by molar-refractivity contribution is -0.129. The maximum atomic E-state index is 11.9. The van der Waals surface area contributed by atoms with Gasteiger partial charge in [0.15, 0.2) is 5.96 Å². The smallest absolute Gasteiger partial charge is 0.224 e. The minimum Gasteiger partial charge on any atom is -0.357 e. The van der Waals surface area contributed by atoms with Gasteiger partial charge in [-0.05, 0) is 32.6 Å². The second-order valence-electron chi connectivity index (χ2n) is 5.27. The van der Waals surface area contributed by atoms with E-state index in [1.54, 1.807) is 0 Å². The van der Waals surface area contributed by atoms with Crippen molar-refractivity contribution < 1.29 is 4.79 Å². The Labute approximate surface area is 116 Å². The highest BCUT2D eigenvalue weighted by Gasteiger charge is 2.18. The molecule has 0 aromatic rings. The molecule has 2 aliphatic heterocycles. The molecule has 2 fully saturated rings. The third kappa shape index (κ3) is 4.11. The molecule has 0 spiro atoms. The van der Waals surface area contributed by atoms with Gasteiger partial charge in [0.2, 0.25) is 5.91 Å². The van der Waals surface area contributed by atoms with Gasteiger partial charge in [-0.1, -0.05) is 0 Å². The predicted octanol–water partition coefficient (Wildman–Crippen LogP) is 1.06. The van der Waals surface area contributed by atoms with Crippen molar-refractivity contribution in [1.82, 2.24) is 15.1 Å². The summed E-state index contributed by atoms with van der Waals surface area (Å²) in [5.41, 5.74) is 0. The third-order valence-electron chi connectivity index (χ3n) is 3.79. The van der Waals surface area contributed by atoms with Crippen LogP contribution in [-0.2, 0) is 4.79 Å². The number of likely N-dealkylation sites (tertiary alicyclic amines) is 2. The Morgan fingerprint density at radius 3 is 2.21 bits per heavy atom. The maximum absolute atomic E-state index is 11.9. The largest absolute Gasteiger partial charge is 0.357 e. The zero-order valence-corrected chi connectivity index (χ0v) is 12.0. The summed E-state index contributed by atoms with van der Waals surface area (Å²) in [6, 6.07) is 0. The zero-order valence-electron chi connectivity index (χ0n) is 12.0. The van der Waals surface area contributed by atoms with Crippen LogP contribution in [0.1, 0.15) is 39.0 Å². The molecular formula is C14H26N4O. The molecule has 0 radical (unpaired) electrons. The zero-order chi connectivity index (χ0) is 13.5. The van der Waals surface area contributed by atoms with E-state index < -0.39 is 0 Å². The molecule has 2 aliphatic rings. The molecule has 2 saturated heterocycles. The van der Waals surface area contributed by atoms with Crippen LogP contribution in [0, 0.1) is 0 Å². The molecule has 0 atom stereocenters. The molecule has 0 saturated carbocycles. The highest BCUT2D eigenvalue weighted by molar-refractivity contribution is 5.81. The van der Waals surface area contributed by atoms with Crippen molar-refractivity contribution in [2.45, 2.75) is 39.0 Å². The number of hydrogen-bond acceptors (Lipinski definition) is 2. The van der Waals surface area contributed by atoms with Crippen LogP contribution in [0.2, 0.25) is 0 Å². The summed E-state index contributed by atoms with van der Waals surface area (Å²) in [5, 5.41) is 3.32. The molecule has 1 N–H and O–H groups in total. The van der Waals surface area contributed by atoms with Crippen molar-refractivity contribution >= 4 is 11.9 Å². The quantitative estimate of drug-likeness (QED) is 0.611. The molecular weight excluding hydrogens is 240 g/mol. The molecule has 0 unspecified atom stereocenters. The fourth-order valence-electron chi connectivity index (χ4n) is 2.74. The molecule has 2 heterocycles. The molecule has 5 nitrogen and oxygen atoms in total. The van der Waals surface area contributed by atoms with Crippen molar-refractivity contribution in [3.8, 4) is 0 Å². The topological polar surface area (TPSA) is 47.9 Å². The van der Waals surface area contributed by atoms with Crippen molar-refractivity contribution in [2.24, 2.45) is 4.99 Å². The van der Waals surface area contributed by atoms with Crippen molar-refractivity contribution in [1.29, 1.82) is 0 Å². The van der Waals surface area contributed by atoms with E-state index in [4.69, 9.17) is 0 Å². The fourth-order valence-corrected chi connectivity index (χ4v) is 2.74. The molecule has 108 valence electrons. The van der Waals surface area contributed by atoms with Crippen molar-refractivity contribution in [3.05, 3.63) is 0 Å². The van der Waals surface area contributed by atoms with E-state index in [1.165, 1.54) is 12.8 Å². The maximum Gasteiger partial charge on any atom is 0.224 e. The number of hydrogen-bond donors (Lipinski definition) is 1. The number of aliphatic imine (C=N–C) groups is 1. The molecule has 1 amide bonds. The summed E-state index contributed by atoms with van der Waals surface area (Å²) in [5.74, 6) is 1.24.